The van der Waals surface area contributed by atoms with Crippen LogP contribution >= 0.6 is 21.6 Å². The quantitative estimate of drug-likeness (QED) is 0.355. The van der Waals surface area contributed by atoms with Crippen molar-refractivity contribution >= 4 is 28.3 Å². The molecule has 0 aliphatic rings. The van der Waals surface area contributed by atoms with Crippen LogP contribution in [0.5, 0.6) is 0 Å². The average Bonchev–Trinajstić information content (AvgIpc) is 1.88. The Balaban J connectivity index is 3.80. The van der Waals surface area contributed by atoms with Gasteiger partial charge in [0.25, 0.3) is 0 Å². The Bertz CT molecular complexity index is 129. The Morgan fingerprint density at radius 1 is 1.67 bits per heavy atom. The molecule has 0 spiro atoms. The zero-order chi connectivity index (χ0) is 7.11. The van der Waals surface area contributed by atoms with Crippen LogP contribution in [0.15, 0.2) is 28.8 Å². The van der Waals surface area contributed by atoms with Gasteiger partial charge in [-0.3, -0.25) is 4.99 Å². The topological polar surface area (TPSA) is 12.4 Å². The van der Waals surface area contributed by atoms with Crippen molar-refractivity contribution in [2.75, 3.05) is 6.26 Å². The summed E-state index contributed by atoms with van der Waals surface area (Å²) in [6.45, 7) is 6.94. The fourth-order valence-electron chi connectivity index (χ4n) is 0.293. The van der Waals surface area contributed by atoms with Gasteiger partial charge in [-0.2, -0.15) is 0 Å². The van der Waals surface area contributed by atoms with Gasteiger partial charge in [-0.25, -0.2) is 0 Å². The summed E-state index contributed by atoms with van der Waals surface area (Å²) in [6.07, 6.45) is 5.52. The van der Waals surface area contributed by atoms with Gasteiger partial charge in [-0.05, 0) is 29.8 Å². The minimum absolute atomic E-state index is 0.900. The first-order valence-electron chi connectivity index (χ1n) is 2.35. The molecule has 0 fully saturated rings. The zero-order valence-corrected chi connectivity index (χ0v) is 6.97. The summed E-state index contributed by atoms with van der Waals surface area (Å²) in [5.41, 5.74) is 0. The van der Waals surface area contributed by atoms with Crippen molar-refractivity contribution in [1.82, 2.24) is 0 Å². The van der Waals surface area contributed by atoms with Gasteiger partial charge >= 0.3 is 0 Å². The van der Waals surface area contributed by atoms with Gasteiger partial charge < -0.3 is 0 Å². The molecule has 0 radical (unpaired) electrons. The van der Waals surface area contributed by atoms with Gasteiger partial charge in [0, 0.05) is 0 Å². The maximum absolute atomic E-state index is 3.75. The third-order valence-corrected chi connectivity index (χ3v) is 2.20. The Hall–Kier alpha value is -0.150. The van der Waals surface area contributed by atoms with Crippen LogP contribution in [0.25, 0.3) is 0 Å². The van der Waals surface area contributed by atoms with Crippen LogP contribution in [-0.4, -0.2) is 13.0 Å². The summed E-state index contributed by atoms with van der Waals surface area (Å²) in [6, 6.07) is 0. The number of nitrogens with zero attached hydrogens (tertiary/aromatic N) is 1. The highest BCUT2D eigenvalue weighted by Crippen LogP contribution is 2.27. The summed E-state index contributed by atoms with van der Waals surface area (Å²) >= 11 is 0. The van der Waals surface area contributed by atoms with Gasteiger partial charge in [0.15, 0.2) is 0 Å². The smallest absolute Gasteiger partial charge is 0.106 e. The number of allylic oxidation sites excluding steroid dienone is 2. The minimum Gasteiger partial charge on any atom is -0.257 e. The SMILES string of the molecule is C=C/C=C(\N=C)SSC. The van der Waals surface area contributed by atoms with Crippen LogP contribution < -0.4 is 0 Å². The molecule has 0 aliphatic carbocycles. The number of hydrogen-bond donors (Lipinski definition) is 0. The van der Waals surface area contributed by atoms with Gasteiger partial charge in [0.05, 0.1) is 0 Å². The van der Waals surface area contributed by atoms with E-state index < -0.39 is 0 Å². The molecule has 3 heteroatoms. The maximum atomic E-state index is 3.75. The minimum atomic E-state index is 0.900. The van der Waals surface area contributed by atoms with E-state index in [4.69, 9.17) is 0 Å². The molecule has 0 amide bonds. The van der Waals surface area contributed by atoms with E-state index in [1.807, 2.05) is 12.3 Å². The molecule has 0 aromatic rings. The average molecular weight is 159 g/mol. The van der Waals surface area contributed by atoms with Crippen molar-refractivity contribution in [3.63, 3.8) is 0 Å². The molecule has 9 heavy (non-hydrogen) atoms. The molecule has 50 valence electrons. The Kier molecular flexibility index (Phi) is 5.88. The van der Waals surface area contributed by atoms with Crippen molar-refractivity contribution in [1.29, 1.82) is 0 Å². The normalized spacial score (nSPS) is 11.0. The second-order valence-electron chi connectivity index (χ2n) is 1.15. The predicted octanol–water partition coefficient (Wildman–Crippen LogP) is 2.73. The summed E-state index contributed by atoms with van der Waals surface area (Å²) in [5, 5.41) is 0.900. The van der Waals surface area contributed by atoms with Crippen LogP contribution in [0.2, 0.25) is 0 Å². The fraction of sp³-hybridized carbons (Fsp3) is 0.167. The Labute approximate surface area is 63.7 Å². The molecule has 0 aromatic heterocycles. The van der Waals surface area contributed by atoms with Crippen LogP contribution in [0, 0.1) is 0 Å². The highest BCUT2D eigenvalue weighted by Gasteiger charge is 1.87. The van der Waals surface area contributed by atoms with Crippen molar-refractivity contribution in [2.45, 2.75) is 0 Å². The van der Waals surface area contributed by atoms with E-state index in [0.717, 1.165) is 5.03 Å². The van der Waals surface area contributed by atoms with Crippen molar-refractivity contribution in [2.24, 2.45) is 4.99 Å². The molecule has 0 bridgehead atoms. The molecule has 0 saturated heterocycles. The van der Waals surface area contributed by atoms with Crippen LogP contribution in [0.4, 0.5) is 0 Å². The largest absolute Gasteiger partial charge is 0.257 e. The lowest BCUT2D eigenvalue weighted by Crippen LogP contribution is -1.62. The Morgan fingerprint density at radius 2 is 2.33 bits per heavy atom. The number of rotatable bonds is 4. The molecule has 0 aliphatic heterocycles. The van der Waals surface area contributed by atoms with E-state index in [-0.39, 0.29) is 0 Å². The number of aliphatic imine (C=N–C) groups is 1. The molecule has 0 aromatic carbocycles. The second kappa shape index (κ2) is 5.98. The molecule has 0 unspecified atom stereocenters. The van der Waals surface area contributed by atoms with E-state index >= 15 is 0 Å². The first-order chi connectivity index (χ1) is 4.35. The standard InChI is InChI=1S/C6H9NS2/c1-4-5-6(7-2)9-8-3/h4-5H,1-2H2,3H3/b6-5+. The predicted molar refractivity (Wildman–Crippen MR) is 48.9 cm³/mol. The van der Waals surface area contributed by atoms with E-state index in [1.54, 1.807) is 27.7 Å². The number of hydrogen-bond acceptors (Lipinski definition) is 3. The summed E-state index contributed by atoms with van der Waals surface area (Å²) in [5.74, 6) is 0. The van der Waals surface area contributed by atoms with Gasteiger partial charge in [-0.1, -0.05) is 23.4 Å². The first kappa shape index (κ1) is 8.85. The lowest BCUT2D eigenvalue weighted by molar-refractivity contribution is 1.57. The third-order valence-electron chi connectivity index (χ3n) is 0.585. The molecule has 0 heterocycles. The zero-order valence-electron chi connectivity index (χ0n) is 5.33. The fourth-order valence-corrected chi connectivity index (χ4v) is 1.51. The Morgan fingerprint density at radius 3 is 2.67 bits per heavy atom. The third kappa shape index (κ3) is 4.36. The maximum Gasteiger partial charge on any atom is 0.106 e. The molecule has 0 N–H and O–H groups in total. The van der Waals surface area contributed by atoms with Gasteiger partial charge in [0.2, 0.25) is 0 Å². The second-order valence-corrected chi connectivity index (χ2v) is 3.57. The highest BCUT2D eigenvalue weighted by atomic mass is 33.1. The first-order valence-corrected chi connectivity index (χ1v) is 4.91. The van der Waals surface area contributed by atoms with Gasteiger partial charge in [0.1, 0.15) is 5.03 Å². The van der Waals surface area contributed by atoms with E-state index in [0.29, 0.717) is 0 Å². The van der Waals surface area contributed by atoms with Crippen molar-refractivity contribution < 1.29 is 0 Å². The molecule has 0 atom stereocenters. The van der Waals surface area contributed by atoms with E-state index in [2.05, 4.69) is 18.3 Å². The molecule has 1 nitrogen and oxygen atoms in total. The molecular formula is C6H9NS2. The summed E-state index contributed by atoms with van der Waals surface area (Å²) in [7, 11) is 3.22. The van der Waals surface area contributed by atoms with E-state index in [1.165, 1.54) is 0 Å². The summed E-state index contributed by atoms with van der Waals surface area (Å²) in [4.78, 5) is 3.75. The van der Waals surface area contributed by atoms with Crippen LogP contribution in [-0.2, 0) is 0 Å². The van der Waals surface area contributed by atoms with E-state index in [9.17, 15) is 0 Å². The highest BCUT2D eigenvalue weighted by molar-refractivity contribution is 8.77. The van der Waals surface area contributed by atoms with Crippen LogP contribution in [0.1, 0.15) is 0 Å². The lowest BCUT2D eigenvalue weighted by Gasteiger charge is -1.91. The lowest BCUT2D eigenvalue weighted by atomic mass is 10.6. The molecular weight excluding hydrogens is 150 g/mol. The summed E-state index contributed by atoms with van der Waals surface area (Å²) < 4.78 is 0. The molecule has 0 rings (SSSR count). The van der Waals surface area contributed by atoms with Crippen LogP contribution in [0.3, 0.4) is 0 Å². The van der Waals surface area contributed by atoms with Crippen molar-refractivity contribution in [3.8, 4) is 0 Å². The molecule has 0 saturated carbocycles. The van der Waals surface area contributed by atoms with Gasteiger partial charge in [-0.15, -0.1) is 0 Å². The van der Waals surface area contributed by atoms with Crippen molar-refractivity contribution in [3.05, 3.63) is 23.8 Å². The monoisotopic (exact) mass is 159 g/mol.